The van der Waals surface area contributed by atoms with Gasteiger partial charge in [-0.15, -0.1) is 0 Å². The van der Waals surface area contributed by atoms with Crippen LogP contribution < -0.4 is 14.8 Å². The quantitative estimate of drug-likeness (QED) is 0.111. The standard InChI is InChI=1S/C52H71NO6/c1-35(2)12-11-13-36(3)46-26-27-47-45-25-20-40-32-44(28-30-50(40,4)48(45)29-31-51(46,47)5)59-49(55)53-33-41(54)34-58-52(37-14-9-8-10-15-37,38-16-21-42(56-6)22-17-38)39-18-23-43(57-7)24-19-39/h8-10,14-24,35-36,41,44-48,54H,11-13,25-34H2,1-7H3,(H,53,55)/t36-,41?,44+,45?,46-,47?,48?,50+,51-/m1/s1. The number of hydrogen-bond donors (Lipinski definition) is 2. The minimum Gasteiger partial charge on any atom is -0.497 e. The van der Waals surface area contributed by atoms with E-state index in [1.807, 2.05) is 78.9 Å². The molecule has 9 atom stereocenters. The summed E-state index contributed by atoms with van der Waals surface area (Å²) in [5.41, 5.74) is 3.75. The third kappa shape index (κ3) is 8.84. The Balaban J connectivity index is 0.965. The average Bonchev–Trinajstić information content (AvgIpc) is 3.61. The van der Waals surface area contributed by atoms with E-state index >= 15 is 0 Å². The molecule has 7 nitrogen and oxygen atoms in total. The molecule has 7 rings (SSSR count). The number of nitrogens with one attached hydrogen (secondary N) is 1. The van der Waals surface area contributed by atoms with Crippen LogP contribution in [0.25, 0.3) is 0 Å². The topological polar surface area (TPSA) is 86.2 Å². The van der Waals surface area contributed by atoms with Crippen LogP contribution in [0.15, 0.2) is 90.5 Å². The zero-order valence-corrected chi connectivity index (χ0v) is 36.9. The normalized spacial score (nSPS) is 28.7. The lowest BCUT2D eigenvalue weighted by atomic mass is 9.47. The highest BCUT2D eigenvalue weighted by Crippen LogP contribution is 2.67. The molecule has 2 N–H and O–H groups in total. The molecule has 7 heteroatoms. The first-order valence-corrected chi connectivity index (χ1v) is 22.7. The highest BCUT2D eigenvalue weighted by molar-refractivity contribution is 5.67. The monoisotopic (exact) mass is 806 g/mol. The van der Waals surface area contributed by atoms with E-state index in [2.05, 4.69) is 46.0 Å². The highest BCUT2D eigenvalue weighted by atomic mass is 16.6. The molecule has 3 fully saturated rings. The molecule has 0 aliphatic heterocycles. The molecule has 0 saturated heterocycles. The van der Waals surface area contributed by atoms with Crippen molar-refractivity contribution in [1.82, 2.24) is 5.32 Å². The molecule has 0 spiro atoms. The Hall–Kier alpha value is -3.81. The molecule has 0 radical (unpaired) electrons. The predicted molar refractivity (Wildman–Crippen MR) is 236 cm³/mol. The molecular formula is C52H71NO6. The first-order chi connectivity index (χ1) is 28.4. The van der Waals surface area contributed by atoms with Gasteiger partial charge >= 0.3 is 6.09 Å². The van der Waals surface area contributed by atoms with Gasteiger partial charge in [0, 0.05) is 13.0 Å². The molecule has 4 unspecified atom stereocenters. The van der Waals surface area contributed by atoms with Crippen molar-refractivity contribution in [2.24, 2.45) is 46.3 Å². The van der Waals surface area contributed by atoms with Crippen LogP contribution >= 0.6 is 0 Å². The summed E-state index contributed by atoms with van der Waals surface area (Å²) < 4.78 is 23.9. The van der Waals surface area contributed by atoms with Gasteiger partial charge in [0.05, 0.1) is 26.9 Å². The summed E-state index contributed by atoms with van der Waals surface area (Å²) in [5.74, 6) is 6.27. The van der Waals surface area contributed by atoms with Crippen LogP contribution in [0.3, 0.4) is 0 Å². The Bertz CT molecular complexity index is 1810. The number of fused-ring (bicyclic) bond motifs is 5. The number of hydrogen-bond acceptors (Lipinski definition) is 6. The number of aliphatic hydroxyl groups excluding tert-OH is 1. The number of carbonyl (C=O) groups is 1. The van der Waals surface area contributed by atoms with Gasteiger partial charge < -0.3 is 29.4 Å². The second-order valence-corrected chi connectivity index (χ2v) is 19.4. The van der Waals surface area contributed by atoms with Crippen molar-refractivity contribution >= 4 is 6.09 Å². The van der Waals surface area contributed by atoms with Gasteiger partial charge in [-0.25, -0.2) is 4.79 Å². The molecule has 4 aliphatic rings. The SMILES string of the molecule is COc1ccc(C(OCC(O)CNC(=O)O[C@H]2CC[C@@]3(C)C(=CCC4C3CC[C@@]3(C)C4CC[C@@H]3[C@H](C)CCCC(C)C)C2)(c2ccccc2)c2ccc(OC)cc2)cc1. The van der Waals surface area contributed by atoms with Crippen molar-refractivity contribution in [1.29, 1.82) is 0 Å². The summed E-state index contributed by atoms with van der Waals surface area (Å²) in [6, 6.07) is 25.6. The van der Waals surface area contributed by atoms with E-state index in [0.29, 0.717) is 5.41 Å². The van der Waals surface area contributed by atoms with Crippen LogP contribution in [0.1, 0.15) is 122 Å². The average molecular weight is 806 g/mol. The van der Waals surface area contributed by atoms with Crippen LogP contribution in [0, 0.1) is 46.3 Å². The number of ether oxygens (including phenoxy) is 4. The number of amides is 1. The molecule has 3 aromatic carbocycles. The molecule has 3 aromatic rings. The number of methoxy groups -OCH3 is 2. The maximum Gasteiger partial charge on any atom is 0.407 e. The molecule has 3 saturated carbocycles. The lowest BCUT2D eigenvalue weighted by molar-refractivity contribution is -0.0584. The van der Waals surface area contributed by atoms with Crippen LogP contribution in [0.2, 0.25) is 0 Å². The van der Waals surface area contributed by atoms with Crippen LogP contribution in [-0.2, 0) is 15.1 Å². The number of alkyl carbamates (subject to hydrolysis) is 1. The zero-order chi connectivity index (χ0) is 41.8. The molecular weight excluding hydrogens is 735 g/mol. The maximum atomic E-state index is 13.3. The lowest BCUT2D eigenvalue weighted by Crippen LogP contribution is -2.51. The summed E-state index contributed by atoms with van der Waals surface area (Å²) >= 11 is 0. The Morgan fingerprint density at radius 2 is 1.46 bits per heavy atom. The Kier molecular flexibility index (Phi) is 13.5. The number of benzene rings is 3. The summed E-state index contributed by atoms with van der Waals surface area (Å²) in [6.45, 7) is 12.4. The Morgan fingerprint density at radius 1 is 0.814 bits per heavy atom. The molecule has 0 bridgehead atoms. The summed E-state index contributed by atoms with van der Waals surface area (Å²) in [4.78, 5) is 13.3. The van der Waals surface area contributed by atoms with Gasteiger partial charge in [0.15, 0.2) is 0 Å². The van der Waals surface area contributed by atoms with Crippen molar-refractivity contribution in [2.75, 3.05) is 27.4 Å². The second-order valence-electron chi connectivity index (χ2n) is 19.4. The smallest absolute Gasteiger partial charge is 0.407 e. The molecule has 1 amide bonds. The lowest BCUT2D eigenvalue weighted by Gasteiger charge is -2.58. The van der Waals surface area contributed by atoms with E-state index in [1.54, 1.807) is 14.2 Å². The number of aliphatic hydroxyl groups is 1. The Morgan fingerprint density at radius 3 is 2.08 bits per heavy atom. The molecule has 0 aromatic heterocycles. The Labute approximate surface area is 354 Å². The van der Waals surface area contributed by atoms with Crippen LogP contribution in [-0.4, -0.2) is 50.8 Å². The molecule has 4 aliphatic carbocycles. The highest BCUT2D eigenvalue weighted by Gasteiger charge is 2.59. The van der Waals surface area contributed by atoms with Crippen molar-refractivity contribution in [2.45, 2.75) is 123 Å². The second kappa shape index (κ2) is 18.4. The van der Waals surface area contributed by atoms with Crippen molar-refractivity contribution in [3.05, 3.63) is 107 Å². The third-order valence-corrected chi connectivity index (χ3v) is 15.7. The fourth-order valence-electron chi connectivity index (χ4n) is 12.5. The summed E-state index contributed by atoms with van der Waals surface area (Å²) in [5, 5.41) is 14.2. The van der Waals surface area contributed by atoms with Gasteiger partial charge in [-0.1, -0.05) is 120 Å². The van der Waals surface area contributed by atoms with Gasteiger partial charge in [0.25, 0.3) is 0 Å². The molecule has 59 heavy (non-hydrogen) atoms. The van der Waals surface area contributed by atoms with Gasteiger partial charge in [-0.3, -0.25) is 0 Å². The van der Waals surface area contributed by atoms with Gasteiger partial charge in [-0.05, 0) is 132 Å². The fourth-order valence-corrected chi connectivity index (χ4v) is 12.5. The molecule has 0 heterocycles. The first-order valence-electron chi connectivity index (χ1n) is 22.7. The minimum atomic E-state index is -1.06. The minimum absolute atomic E-state index is 0.00328. The number of rotatable bonds is 16. The van der Waals surface area contributed by atoms with E-state index in [-0.39, 0.29) is 24.7 Å². The molecule has 320 valence electrons. The maximum absolute atomic E-state index is 13.3. The zero-order valence-electron chi connectivity index (χ0n) is 36.9. The van der Waals surface area contributed by atoms with E-state index < -0.39 is 17.8 Å². The van der Waals surface area contributed by atoms with Crippen molar-refractivity contribution in [3.8, 4) is 11.5 Å². The number of carbonyl (C=O) groups excluding carboxylic acids is 1. The van der Waals surface area contributed by atoms with Crippen molar-refractivity contribution in [3.63, 3.8) is 0 Å². The van der Waals surface area contributed by atoms with Crippen LogP contribution in [0.4, 0.5) is 4.79 Å². The van der Waals surface area contributed by atoms with E-state index in [0.717, 1.165) is 83.0 Å². The predicted octanol–water partition coefficient (Wildman–Crippen LogP) is 11.5. The largest absolute Gasteiger partial charge is 0.497 e. The van der Waals surface area contributed by atoms with Gasteiger partial charge in [0.1, 0.15) is 23.2 Å². The fraction of sp³-hybridized carbons (Fsp3) is 0.596. The van der Waals surface area contributed by atoms with E-state index in [4.69, 9.17) is 18.9 Å². The summed E-state index contributed by atoms with van der Waals surface area (Å²) in [6.07, 6.45) is 14.4. The van der Waals surface area contributed by atoms with Crippen LogP contribution in [0.5, 0.6) is 11.5 Å². The van der Waals surface area contributed by atoms with Gasteiger partial charge in [-0.2, -0.15) is 0 Å². The van der Waals surface area contributed by atoms with E-state index in [9.17, 15) is 9.90 Å². The van der Waals surface area contributed by atoms with Gasteiger partial charge in [0.2, 0.25) is 0 Å². The van der Waals surface area contributed by atoms with Crippen molar-refractivity contribution < 1.29 is 28.8 Å². The first kappa shape index (κ1) is 43.3. The number of allylic oxidation sites excluding steroid dienone is 1. The summed E-state index contributed by atoms with van der Waals surface area (Å²) in [7, 11) is 3.29. The van der Waals surface area contributed by atoms with E-state index in [1.165, 1.54) is 56.9 Å². The third-order valence-electron chi connectivity index (χ3n) is 15.7.